The van der Waals surface area contributed by atoms with E-state index in [2.05, 4.69) is 30.2 Å². The maximum atomic E-state index is 8.80. The second-order valence-corrected chi connectivity index (χ2v) is 5.34. The van der Waals surface area contributed by atoms with Crippen LogP contribution in [0.15, 0.2) is 54.6 Å². The molecule has 0 spiro atoms. The van der Waals surface area contributed by atoms with E-state index in [-0.39, 0.29) is 6.71 Å². The maximum Gasteiger partial charge on any atom is 0.269 e. The van der Waals surface area contributed by atoms with Gasteiger partial charge in [-0.2, -0.15) is 0 Å². The van der Waals surface area contributed by atoms with Crippen molar-refractivity contribution in [2.24, 2.45) is 0 Å². The van der Waals surface area contributed by atoms with Gasteiger partial charge in [0.25, 0.3) is 6.71 Å². The first kappa shape index (κ1) is 12.8. The van der Waals surface area contributed by atoms with Gasteiger partial charge in [0.2, 0.25) is 0 Å². The van der Waals surface area contributed by atoms with Crippen LogP contribution in [-0.2, 0) is 6.61 Å². The van der Waals surface area contributed by atoms with E-state index in [1.807, 2.05) is 30.3 Å². The molecule has 1 saturated heterocycles. The van der Waals surface area contributed by atoms with Gasteiger partial charge in [0, 0.05) is 5.97 Å². The standard InChI is InChI=1S/C17H16BNO/c19-13-18-10-16(11-18)15-6-8-17(9-7-15)20-12-14-4-2-1-3-5-14/h1-9,16H,10-12H2. The Morgan fingerprint density at radius 2 is 1.75 bits per heavy atom. The molecule has 0 unspecified atom stereocenters. The Bertz CT molecular complexity index is 597. The van der Waals surface area contributed by atoms with Crippen molar-refractivity contribution in [1.29, 1.82) is 5.26 Å². The van der Waals surface area contributed by atoms with Crippen molar-refractivity contribution in [3.8, 4) is 11.7 Å². The van der Waals surface area contributed by atoms with Crippen LogP contribution in [-0.4, -0.2) is 6.71 Å². The van der Waals surface area contributed by atoms with Crippen molar-refractivity contribution in [3.05, 3.63) is 65.7 Å². The first-order valence-electron chi connectivity index (χ1n) is 7.01. The second kappa shape index (κ2) is 5.84. The average Bonchev–Trinajstić information content (AvgIpc) is 2.46. The quantitative estimate of drug-likeness (QED) is 0.781. The van der Waals surface area contributed by atoms with Crippen LogP contribution in [0.4, 0.5) is 0 Å². The van der Waals surface area contributed by atoms with Crippen LogP contribution < -0.4 is 4.74 Å². The highest BCUT2D eigenvalue weighted by molar-refractivity contribution is 6.70. The fourth-order valence-corrected chi connectivity index (χ4v) is 2.57. The Labute approximate surface area is 120 Å². The summed E-state index contributed by atoms with van der Waals surface area (Å²) in [5, 5.41) is 8.80. The van der Waals surface area contributed by atoms with Gasteiger partial charge < -0.3 is 4.74 Å². The zero-order valence-electron chi connectivity index (χ0n) is 11.3. The molecule has 1 heterocycles. The average molecular weight is 261 g/mol. The number of rotatable bonds is 4. The van der Waals surface area contributed by atoms with Gasteiger partial charge in [0.15, 0.2) is 0 Å². The van der Waals surface area contributed by atoms with Crippen molar-refractivity contribution in [1.82, 2.24) is 0 Å². The number of nitrogens with zero attached hydrogens (tertiary/aromatic N) is 1. The van der Waals surface area contributed by atoms with Crippen LogP contribution in [0, 0.1) is 11.2 Å². The zero-order chi connectivity index (χ0) is 13.8. The molecule has 3 heteroatoms. The first-order chi connectivity index (χ1) is 9.85. The minimum absolute atomic E-state index is 0.258. The highest BCUT2D eigenvalue weighted by Crippen LogP contribution is 2.38. The van der Waals surface area contributed by atoms with Crippen LogP contribution in [0.2, 0.25) is 12.6 Å². The minimum atomic E-state index is 0.258. The monoisotopic (exact) mass is 261 g/mol. The lowest BCUT2D eigenvalue weighted by molar-refractivity contribution is 0.306. The van der Waals surface area contributed by atoms with Gasteiger partial charge in [-0.25, -0.2) is 5.26 Å². The number of benzene rings is 2. The summed E-state index contributed by atoms with van der Waals surface area (Å²) in [4.78, 5) is 0. The fraction of sp³-hybridized carbons (Fsp3) is 0.235. The molecule has 20 heavy (non-hydrogen) atoms. The Morgan fingerprint density at radius 3 is 2.40 bits per heavy atom. The smallest absolute Gasteiger partial charge is 0.269 e. The van der Waals surface area contributed by atoms with Crippen molar-refractivity contribution >= 4 is 6.71 Å². The zero-order valence-corrected chi connectivity index (χ0v) is 11.3. The van der Waals surface area contributed by atoms with E-state index in [1.165, 1.54) is 11.1 Å². The highest BCUT2D eigenvalue weighted by atomic mass is 16.5. The molecule has 0 aromatic heterocycles. The molecular formula is C17H16BNO. The lowest BCUT2D eigenvalue weighted by Gasteiger charge is -2.28. The van der Waals surface area contributed by atoms with E-state index >= 15 is 0 Å². The van der Waals surface area contributed by atoms with Gasteiger partial charge in [-0.1, -0.05) is 55.1 Å². The van der Waals surface area contributed by atoms with Gasteiger partial charge in [-0.05, 0) is 29.2 Å². The Morgan fingerprint density at radius 1 is 1.05 bits per heavy atom. The van der Waals surface area contributed by atoms with E-state index in [0.717, 1.165) is 18.4 Å². The summed E-state index contributed by atoms with van der Waals surface area (Å²) >= 11 is 0. The maximum absolute atomic E-state index is 8.80. The van der Waals surface area contributed by atoms with Gasteiger partial charge in [-0.3, -0.25) is 0 Å². The van der Waals surface area contributed by atoms with Gasteiger partial charge in [0.05, 0.1) is 0 Å². The molecule has 1 fully saturated rings. The molecule has 1 aliphatic heterocycles. The van der Waals surface area contributed by atoms with Crippen molar-refractivity contribution < 1.29 is 4.74 Å². The third-order valence-electron chi connectivity index (χ3n) is 3.92. The van der Waals surface area contributed by atoms with Crippen molar-refractivity contribution in [2.45, 2.75) is 25.2 Å². The van der Waals surface area contributed by atoms with Gasteiger partial charge in [0.1, 0.15) is 12.4 Å². The largest absolute Gasteiger partial charge is 0.489 e. The SMILES string of the molecule is N#CB1CC(c2ccc(OCc3ccccc3)cc2)C1. The summed E-state index contributed by atoms with van der Waals surface area (Å²) in [7, 11) is 0. The third kappa shape index (κ3) is 2.86. The normalized spacial score (nSPS) is 14.4. The summed E-state index contributed by atoms with van der Waals surface area (Å²) in [5.74, 6) is 3.78. The molecular weight excluding hydrogens is 245 g/mol. The van der Waals surface area contributed by atoms with Crippen LogP contribution in [0.5, 0.6) is 5.75 Å². The molecule has 0 amide bonds. The number of ether oxygens (including phenoxy) is 1. The lowest BCUT2D eigenvalue weighted by Crippen LogP contribution is -2.28. The van der Waals surface area contributed by atoms with E-state index in [4.69, 9.17) is 10.00 Å². The van der Waals surface area contributed by atoms with E-state index in [1.54, 1.807) is 0 Å². The summed E-state index contributed by atoms with van der Waals surface area (Å²) < 4.78 is 5.77. The predicted octanol–water partition coefficient (Wildman–Crippen LogP) is 3.92. The van der Waals surface area contributed by atoms with E-state index < -0.39 is 0 Å². The molecule has 3 rings (SSSR count). The molecule has 1 aliphatic rings. The Kier molecular flexibility index (Phi) is 3.74. The molecule has 0 radical (unpaired) electrons. The first-order valence-corrected chi connectivity index (χ1v) is 7.01. The highest BCUT2D eigenvalue weighted by Gasteiger charge is 2.33. The molecule has 0 aliphatic carbocycles. The van der Waals surface area contributed by atoms with Crippen molar-refractivity contribution in [2.75, 3.05) is 0 Å². The molecule has 2 aromatic carbocycles. The van der Waals surface area contributed by atoms with E-state index in [9.17, 15) is 0 Å². The van der Waals surface area contributed by atoms with Crippen LogP contribution in [0.1, 0.15) is 17.0 Å². The number of hydrogen-bond donors (Lipinski definition) is 0. The Balaban J connectivity index is 1.56. The third-order valence-corrected chi connectivity index (χ3v) is 3.92. The van der Waals surface area contributed by atoms with Crippen LogP contribution >= 0.6 is 0 Å². The molecule has 2 aromatic rings. The summed E-state index contributed by atoms with van der Waals surface area (Å²) in [6.45, 7) is 0.856. The Hall–Kier alpha value is -2.21. The molecule has 0 N–H and O–H groups in total. The van der Waals surface area contributed by atoms with E-state index in [0.29, 0.717) is 12.5 Å². The number of nitriles is 1. The molecule has 98 valence electrons. The van der Waals surface area contributed by atoms with Crippen molar-refractivity contribution in [3.63, 3.8) is 0 Å². The lowest BCUT2D eigenvalue weighted by atomic mass is 9.32. The minimum Gasteiger partial charge on any atom is -0.489 e. The molecule has 0 bridgehead atoms. The topological polar surface area (TPSA) is 33.0 Å². The van der Waals surface area contributed by atoms with Crippen LogP contribution in [0.25, 0.3) is 0 Å². The molecule has 2 nitrogen and oxygen atoms in total. The molecule has 0 atom stereocenters. The second-order valence-electron chi connectivity index (χ2n) is 5.34. The van der Waals surface area contributed by atoms with Crippen LogP contribution in [0.3, 0.4) is 0 Å². The predicted molar refractivity (Wildman–Crippen MR) is 80.9 cm³/mol. The number of hydrogen-bond acceptors (Lipinski definition) is 2. The summed E-state index contributed by atoms with van der Waals surface area (Å²) in [6, 6.07) is 18.5. The fourth-order valence-electron chi connectivity index (χ4n) is 2.57. The van der Waals surface area contributed by atoms with Gasteiger partial charge in [-0.15, -0.1) is 0 Å². The van der Waals surface area contributed by atoms with Gasteiger partial charge >= 0.3 is 0 Å². The molecule has 0 saturated carbocycles. The summed E-state index contributed by atoms with van der Waals surface area (Å²) in [6.07, 6.45) is 2.00. The summed E-state index contributed by atoms with van der Waals surface area (Å²) in [5.41, 5.74) is 2.50.